The highest BCUT2D eigenvalue weighted by Gasteiger charge is 2.38. The van der Waals surface area contributed by atoms with Crippen LogP contribution < -0.4 is 24.8 Å². The highest BCUT2D eigenvalue weighted by Crippen LogP contribution is 2.63. The molecule has 0 bridgehead atoms. The van der Waals surface area contributed by atoms with Crippen molar-refractivity contribution in [1.82, 2.24) is 0 Å². The molecule has 0 fully saturated rings. The lowest BCUT2D eigenvalue weighted by atomic mass is 9.98. The average Bonchev–Trinajstić information content (AvgIpc) is 3.31. The summed E-state index contributed by atoms with van der Waals surface area (Å²) in [5, 5.41) is 3.97. The summed E-state index contributed by atoms with van der Waals surface area (Å²) >= 11 is 6.63. The molecule has 2 aliphatic rings. The van der Waals surface area contributed by atoms with E-state index >= 15 is 0 Å². The van der Waals surface area contributed by atoms with E-state index in [1.54, 1.807) is 7.11 Å². The number of hydrogen-bond donors (Lipinski definition) is 0. The summed E-state index contributed by atoms with van der Waals surface area (Å²) in [5.74, 6) is 2.50. The third-order valence-electron chi connectivity index (χ3n) is 5.86. The summed E-state index contributed by atoms with van der Waals surface area (Å²) in [5.41, 5.74) is 2.82. The molecule has 2 aromatic carbocycles. The lowest BCUT2D eigenvalue weighted by Gasteiger charge is -2.24. The molecule has 3 nitrogen and oxygen atoms in total. The van der Waals surface area contributed by atoms with Crippen molar-refractivity contribution in [2.75, 3.05) is 13.9 Å². The van der Waals surface area contributed by atoms with Crippen LogP contribution in [0, 0.1) is 0 Å². The van der Waals surface area contributed by atoms with Crippen LogP contribution in [0.3, 0.4) is 0 Å². The van der Waals surface area contributed by atoms with E-state index in [0.29, 0.717) is 0 Å². The number of allylic oxidation sites excluding steroid dienone is 2. The first-order valence-electron chi connectivity index (χ1n) is 10.5. The fourth-order valence-electron chi connectivity index (χ4n) is 4.31. The van der Waals surface area contributed by atoms with Gasteiger partial charge in [0.25, 0.3) is 0 Å². The van der Waals surface area contributed by atoms with Gasteiger partial charge in [0.1, 0.15) is 5.75 Å². The zero-order valence-electron chi connectivity index (χ0n) is 17.5. The topological polar surface area (TPSA) is 27.7 Å². The van der Waals surface area contributed by atoms with Crippen molar-refractivity contribution >= 4 is 34.0 Å². The molecule has 1 unspecified atom stereocenters. The van der Waals surface area contributed by atoms with Crippen LogP contribution in [0.15, 0.2) is 41.7 Å². The molecule has 0 radical (unpaired) electrons. The molecule has 0 N–H and O–H groups in total. The summed E-state index contributed by atoms with van der Waals surface area (Å²) in [4.78, 5) is 0. The second-order valence-corrected chi connectivity index (χ2v) is 12.1. The van der Waals surface area contributed by atoms with Crippen molar-refractivity contribution in [3.05, 3.63) is 47.3 Å². The van der Waals surface area contributed by atoms with Crippen LogP contribution in [0.1, 0.15) is 57.9 Å². The van der Waals surface area contributed by atoms with Crippen LogP contribution in [0.2, 0.25) is 0 Å². The fraction of sp³-hybridized carbons (Fsp3) is 0.417. The van der Waals surface area contributed by atoms with Crippen molar-refractivity contribution in [3.8, 4) is 17.2 Å². The highest BCUT2D eigenvalue weighted by molar-refractivity contribution is 8.24. The van der Waals surface area contributed by atoms with Gasteiger partial charge in [-0.05, 0) is 77.8 Å². The Hall–Kier alpha value is -1.77. The highest BCUT2D eigenvalue weighted by atomic mass is 32.4. The van der Waals surface area contributed by atoms with Crippen LogP contribution in [-0.2, 0) is 11.8 Å². The maximum Gasteiger partial charge on any atom is 0.231 e. The first-order chi connectivity index (χ1) is 14.1. The number of unbranched alkanes of at least 4 members (excludes halogenated alkanes) is 2. The minimum Gasteiger partial charge on any atom is -0.497 e. The molecular formula is C24H29O3PS. The van der Waals surface area contributed by atoms with Crippen molar-refractivity contribution in [3.63, 3.8) is 0 Å². The minimum atomic E-state index is -2.12. The van der Waals surface area contributed by atoms with E-state index in [2.05, 4.69) is 44.2 Å². The molecule has 2 aliphatic heterocycles. The molecule has 2 heterocycles. The van der Waals surface area contributed by atoms with Gasteiger partial charge in [0.15, 0.2) is 11.5 Å². The molecule has 0 saturated heterocycles. The normalized spacial score (nSPS) is 19.6. The predicted molar refractivity (Wildman–Crippen MR) is 125 cm³/mol. The average molecular weight is 429 g/mol. The number of benzene rings is 2. The predicted octanol–water partition coefficient (Wildman–Crippen LogP) is 5.96. The number of methoxy groups -OCH3 is 1. The van der Waals surface area contributed by atoms with Crippen molar-refractivity contribution in [2.45, 2.75) is 52.4 Å². The maximum absolute atomic E-state index is 6.63. The Labute approximate surface area is 179 Å². The van der Waals surface area contributed by atoms with Crippen LogP contribution in [0.25, 0.3) is 5.57 Å². The Morgan fingerprint density at radius 2 is 1.72 bits per heavy atom. The molecule has 2 aromatic rings. The van der Waals surface area contributed by atoms with E-state index in [-0.39, 0.29) is 6.79 Å². The van der Waals surface area contributed by atoms with Gasteiger partial charge in [-0.25, -0.2) is 0 Å². The third-order valence-corrected chi connectivity index (χ3v) is 11.1. The number of hydrogen-bond acceptors (Lipinski definition) is 4. The minimum absolute atomic E-state index is 0.284. The van der Waals surface area contributed by atoms with Gasteiger partial charge in [-0.2, -0.15) is 0 Å². The third kappa shape index (κ3) is 3.51. The van der Waals surface area contributed by atoms with Crippen molar-refractivity contribution in [2.24, 2.45) is 0 Å². The van der Waals surface area contributed by atoms with Crippen LogP contribution in [0.4, 0.5) is 0 Å². The molecule has 0 saturated carbocycles. The Morgan fingerprint density at radius 1 is 0.966 bits per heavy atom. The largest absolute Gasteiger partial charge is 0.497 e. The molecule has 0 aromatic heterocycles. The molecule has 4 rings (SSSR count). The lowest BCUT2D eigenvalue weighted by Crippen LogP contribution is -2.16. The van der Waals surface area contributed by atoms with Gasteiger partial charge in [-0.1, -0.05) is 44.6 Å². The standard InChI is InChI=1S/C24H29O3PS/c1-4-6-8-19-20-12-10-17(25-3)14-24(20)28(29,23(19)9-7-5-2)18-11-13-21-22(15-18)27-16-26-21/h10-15H,4-9,16H2,1-3H3. The zero-order valence-corrected chi connectivity index (χ0v) is 19.2. The van der Waals surface area contributed by atoms with Crippen molar-refractivity contribution in [1.29, 1.82) is 0 Å². The Kier molecular flexibility index (Phi) is 6.03. The van der Waals surface area contributed by atoms with Crippen LogP contribution in [0.5, 0.6) is 17.2 Å². The Bertz CT molecular complexity index is 996. The maximum atomic E-state index is 6.63. The second-order valence-electron chi connectivity index (χ2n) is 7.66. The van der Waals surface area contributed by atoms with Gasteiger partial charge in [-0.15, -0.1) is 0 Å². The van der Waals surface area contributed by atoms with Gasteiger partial charge < -0.3 is 14.2 Å². The van der Waals surface area contributed by atoms with E-state index in [4.69, 9.17) is 26.0 Å². The van der Waals surface area contributed by atoms with E-state index in [9.17, 15) is 0 Å². The van der Waals surface area contributed by atoms with Gasteiger partial charge in [0, 0.05) is 11.3 Å². The quantitative estimate of drug-likeness (QED) is 0.485. The van der Waals surface area contributed by atoms with Gasteiger partial charge in [0.05, 0.1) is 7.11 Å². The van der Waals surface area contributed by atoms with E-state index < -0.39 is 6.04 Å². The number of rotatable bonds is 8. The molecule has 0 spiro atoms. The fourth-order valence-corrected chi connectivity index (χ4v) is 9.11. The van der Waals surface area contributed by atoms with Crippen molar-refractivity contribution < 1.29 is 14.2 Å². The molecule has 154 valence electrons. The molecule has 0 aliphatic carbocycles. The zero-order chi connectivity index (χ0) is 20.4. The molecule has 0 amide bonds. The van der Waals surface area contributed by atoms with Gasteiger partial charge in [-0.3, -0.25) is 0 Å². The monoisotopic (exact) mass is 428 g/mol. The summed E-state index contributed by atoms with van der Waals surface area (Å²) in [7, 11) is 1.73. The molecule has 29 heavy (non-hydrogen) atoms. The van der Waals surface area contributed by atoms with E-state index in [1.807, 2.05) is 6.07 Å². The molecule has 5 heteroatoms. The first kappa shape index (κ1) is 20.5. The van der Waals surface area contributed by atoms with E-state index in [1.165, 1.54) is 52.7 Å². The Morgan fingerprint density at radius 3 is 2.48 bits per heavy atom. The van der Waals surface area contributed by atoms with Gasteiger partial charge in [0.2, 0.25) is 6.79 Å². The summed E-state index contributed by atoms with van der Waals surface area (Å²) < 4.78 is 16.8. The smallest absolute Gasteiger partial charge is 0.231 e. The lowest BCUT2D eigenvalue weighted by molar-refractivity contribution is 0.174. The van der Waals surface area contributed by atoms with E-state index in [0.717, 1.165) is 30.1 Å². The van der Waals surface area contributed by atoms with Crippen LogP contribution in [-0.4, -0.2) is 13.9 Å². The summed E-state index contributed by atoms with van der Waals surface area (Å²) in [6.45, 7) is 4.79. The number of ether oxygens (including phenoxy) is 3. The second kappa shape index (κ2) is 8.53. The van der Waals surface area contributed by atoms with Gasteiger partial charge >= 0.3 is 0 Å². The number of fused-ring (bicyclic) bond motifs is 2. The summed E-state index contributed by atoms with van der Waals surface area (Å²) in [6.07, 6.45) is 6.87. The SMILES string of the molecule is CCCCC1=C(CCCC)P(=S)(c2ccc3c(c2)OCO3)c2cc(OC)ccc21. The van der Waals surface area contributed by atoms with Crippen LogP contribution >= 0.6 is 6.04 Å². The Balaban J connectivity index is 1.93. The first-order valence-corrected chi connectivity index (χ1v) is 13.4. The molecular weight excluding hydrogens is 399 g/mol. The molecule has 1 atom stereocenters. The summed E-state index contributed by atoms with van der Waals surface area (Å²) in [6, 6.07) is 10.7.